The summed E-state index contributed by atoms with van der Waals surface area (Å²) in [5.74, 6) is -1.09. The summed E-state index contributed by atoms with van der Waals surface area (Å²) in [7, 11) is 0. The molecule has 0 bridgehead atoms. The smallest absolute Gasteiger partial charge is 0.418 e. The van der Waals surface area contributed by atoms with Crippen LogP contribution in [0.1, 0.15) is 37.7 Å². The van der Waals surface area contributed by atoms with Crippen LogP contribution in [0.5, 0.6) is 5.75 Å². The number of para-hydroxylation sites is 1. The normalized spacial score (nSPS) is 19.9. The van der Waals surface area contributed by atoms with Gasteiger partial charge in [-0.1, -0.05) is 36.7 Å². The van der Waals surface area contributed by atoms with Crippen LogP contribution in [0.3, 0.4) is 0 Å². The zero-order valence-electron chi connectivity index (χ0n) is 18.8. The molecule has 0 spiro atoms. The van der Waals surface area contributed by atoms with Gasteiger partial charge in [0.25, 0.3) is 0 Å². The Kier molecular flexibility index (Phi) is 7.82. The van der Waals surface area contributed by atoms with Gasteiger partial charge in [0.05, 0.1) is 16.9 Å². The van der Waals surface area contributed by atoms with Crippen molar-refractivity contribution >= 4 is 40.1 Å². The van der Waals surface area contributed by atoms with Crippen LogP contribution in [-0.2, 0) is 15.8 Å². The van der Waals surface area contributed by atoms with E-state index in [-0.39, 0.29) is 29.8 Å². The van der Waals surface area contributed by atoms with Crippen LogP contribution in [-0.4, -0.2) is 39.8 Å². The van der Waals surface area contributed by atoms with Crippen molar-refractivity contribution in [3.63, 3.8) is 0 Å². The third kappa shape index (κ3) is 6.15. The average molecular weight is 528 g/mol. The molecule has 6 nitrogen and oxygen atoms in total. The Balaban J connectivity index is 1.51. The molecular weight excluding hydrogens is 505 g/mol. The number of carbonyl (C=O) groups excluding carboxylic acids is 2. The highest BCUT2D eigenvalue weighted by Gasteiger charge is 2.43. The standard InChI is InChI=1S/C24H22F5N3O3S/c25-22(26)35-16-11-9-14(10-12-16)30-23-32(15-5-1-2-6-15)21(34)19(36-23)13-20(33)31-18-8-4-3-7-17(18)24(27,28)29/h3-4,7-12,15,19,22H,1-2,5-6,13H2,(H,31,33). The molecule has 192 valence electrons. The number of halogens is 5. The predicted octanol–water partition coefficient (Wildman–Crippen LogP) is 6.21. The first-order valence-electron chi connectivity index (χ1n) is 11.2. The lowest BCUT2D eigenvalue weighted by atomic mass is 10.1. The summed E-state index contributed by atoms with van der Waals surface area (Å²) >= 11 is 1.06. The van der Waals surface area contributed by atoms with Crippen LogP contribution in [0.2, 0.25) is 0 Å². The second kappa shape index (κ2) is 10.9. The van der Waals surface area contributed by atoms with Crippen LogP contribution in [0.15, 0.2) is 53.5 Å². The van der Waals surface area contributed by atoms with Gasteiger partial charge in [0, 0.05) is 12.5 Å². The maximum absolute atomic E-state index is 13.3. The summed E-state index contributed by atoms with van der Waals surface area (Å²) in [6, 6.07) is 10.1. The minimum atomic E-state index is -4.64. The van der Waals surface area contributed by atoms with Gasteiger partial charge in [0.1, 0.15) is 11.0 Å². The highest BCUT2D eigenvalue weighted by Crippen LogP contribution is 2.38. The van der Waals surface area contributed by atoms with E-state index in [4.69, 9.17) is 0 Å². The number of nitrogens with one attached hydrogen (secondary N) is 1. The van der Waals surface area contributed by atoms with Crippen molar-refractivity contribution in [2.45, 2.75) is 56.2 Å². The summed E-state index contributed by atoms with van der Waals surface area (Å²) in [6.07, 6.45) is -1.57. The molecule has 1 N–H and O–H groups in total. The number of thioether (sulfide) groups is 1. The number of hydrogen-bond acceptors (Lipinski definition) is 5. The van der Waals surface area contributed by atoms with Crippen LogP contribution >= 0.6 is 11.8 Å². The zero-order chi connectivity index (χ0) is 25.9. The molecule has 0 aromatic heterocycles. The van der Waals surface area contributed by atoms with E-state index in [0.717, 1.165) is 49.6 Å². The van der Waals surface area contributed by atoms with E-state index >= 15 is 0 Å². The number of benzene rings is 2. The van der Waals surface area contributed by atoms with Crippen molar-refractivity contribution in [2.24, 2.45) is 4.99 Å². The topological polar surface area (TPSA) is 71.0 Å². The fourth-order valence-electron chi connectivity index (χ4n) is 4.21. The van der Waals surface area contributed by atoms with Gasteiger partial charge in [0.15, 0.2) is 5.17 Å². The molecule has 12 heteroatoms. The van der Waals surface area contributed by atoms with Crippen molar-refractivity contribution in [2.75, 3.05) is 5.32 Å². The molecule has 0 radical (unpaired) electrons. The van der Waals surface area contributed by atoms with E-state index < -0.39 is 29.5 Å². The number of amidine groups is 1. The van der Waals surface area contributed by atoms with E-state index in [1.807, 2.05) is 0 Å². The molecule has 2 aromatic rings. The zero-order valence-corrected chi connectivity index (χ0v) is 19.6. The number of nitrogens with zero attached hydrogens (tertiary/aromatic N) is 2. The van der Waals surface area contributed by atoms with Gasteiger partial charge >= 0.3 is 12.8 Å². The Morgan fingerprint density at radius 1 is 1.11 bits per heavy atom. The predicted molar refractivity (Wildman–Crippen MR) is 125 cm³/mol. The molecule has 2 fully saturated rings. The molecule has 1 atom stereocenters. The Hall–Kier alpha value is -3.15. The lowest BCUT2D eigenvalue weighted by Crippen LogP contribution is -2.40. The lowest BCUT2D eigenvalue weighted by Gasteiger charge is -2.23. The summed E-state index contributed by atoms with van der Waals surface area (Å²) < 4.78 is 68.9. The second-order valence-electron chi connectivity index (χ2n) is 8.32. The minimum Gasteiger partial charge on any atom is -0.435 e. The quantitative estimate of drug-likeness (QED) is 0.435. The van der Waals surface area contributed by atoms with Gasteiger partial charge in [-0.15, -0.1) is 0 Å². The fourth-order valence-corrected chi connectivity index (χ4v) is 5.43. The first kappa shape index (κ1) is 25.9. The molecule has 1 aliphatic carbocycles. The average Bonchev–Trinajstić information content (AvgIpc) is 3.42. The van der Waals surface area contributed by atoms with Crippen molar-refractivity contribution in [3.05, 3.63) is 54.1 Å². The SMILES string of the molecule is O=C(CC1SC(=Nc2ccc(OC(F)F)cc2)N(C2CCCC2)C1=O)Nc1ccccc1C(F)(F)F. The Bertz CT molecular complexity index is 1130. The highest BCUT2D eigenvalue weighted by molar-refractivity contribution is 8.15. The van der Waals surface area contributed by atoms with Gasteiger partial charge < -0.3 is 10.1 Å². The first-order chi connectivity index (χ1) is 17.1. The van der Waals surface area contributed by atoms with E-state index in [2.05, 4.69) is 15.0 Å². The van der Waals surface area contributed by atoms with E-state index in [1.54, 1.807) is 4.90 Å². The number of amides is 2. The van der Waals surface area contributed by atoms with Gasteiger partial charge in [-0.25, -0.2) is 4.99 Å². The number of anilines is 1. The Labute approximate surface area is 207 Å². The Morgan fingerprint density at radius 2 is 1.78 bits per heavy atom. The van der Waals surface area contributed by atoms with Crippen molar-refractivity contribution in [1.29, 1.82) is 0 Å². The summed E-state index contributed by atoms with van der Waals surface area (Å²) in [6.45, 7) is -2.96. The van der Waals surface area contributed by atoms with E-state index in [9.17, 15) is 31.5 Å². The summed E-state index contributed by atoms with van der Waals surface area (Å²) in [5.41, 5.74) is -0.949. The number of carbonyl (C=O) groups is 2. The maximum Gasteiger partial charge on any atom is 0.418 e. The van der Waals surface area contributed by atoms with Crippen LogP contribution < -0.4 is 10.1 Å². The molecule has 2 amide bonds. The molecule has 36 heavy (non-hydrogen) atoms. The monoisotopic (exact) mass is 527 g/mol. The second-order valence-corrected chi connectivity index (χ2v) is 9.49. The Morgan fingerprint density at radius 3 is 2.42 bits per heavy atom. The molecule has 1 unspecified atom stereocenters. The van der Waals surface area contributed by atoms with Crippen LogP contribution in [0, 0.1) is 0 Å². The molecule has 1 heterocycles. The van der Waals surface area contributed by atoms with Gasteiger partial charge in [-0.2, -0.15) is 22.0 Å². The highest BCUT2D eigenvalue weighted by atomic mass is 32.2. The summed E-state index contributed by atoms with van der Waals surface area (Å²) in [5, 5.41) is 1.78. The summed E-state index contributed by atoms with van der Waals surface area (Å²) in [4.78, 5) is 31.9. The minimum absolute atomic E-state index is 0.0366. The first-order valence-corrected chi connectivity index (χ1v) is 12.1. The van der Waals surface area contributed by atoms with E-state index in [0.29, 0.717) is 10.9 Å². The molecular formula is C24H22F5N3O3S. The molecule has 2 aliphatic rings. The largest absolute Gasteiger partial charge is 0.435 e. The molecule has 4 rings (SSSR count). The number of rotatable bonds is 7. The van der Waals surface area contributed by atoms with Crippen LogP contribution in [0.4, 0.5) is 33.3 Å². The maximum atomic E-state index is 13.3. The van der Waals surface area contributed by atoms with E-state index in [1.165, 1.54) is 36.4 Å². The van der Waals surface area contributed by atoms with Crippen molar-refractivity contribution < 1.29 is 36.3 Å². The van der Waals surface area contributed by atoms with Crippen molar-refractivity contribution in [1.82, 2.24) is 4.90 Å². The number of aliphatic imine (C=N–C) groups is 1. The molecule has 1 aliphatic heterocycles. The van der Waals surface area contributed by atoms with Gasteiger partial charge in [-0.3, -0.25) is 14.5 Å². The third-order valence-corrected chi connectivity index (χ3v) is 6.97. The number of alkyl halides is 5. The van der Waals surface area contributed by atoms with Crippen molar-refractivity contribution in [3.8, 4) is 5.75 Å². The molecule has 1 saturated heterocycles. The lowest BCUT2D eigenvalue weighted by molar-refractivity contribution is -0.137. The molecule has 2 aromatic carbocycles. The number of ether oxygens (including phenoxy) is 1. The van der Waals surface area contributed by atoms with Crippen LogP contribution in [0.25, 0.3) is 0 Å². The molecule has 1 saturated carbocycles. The number of hydrogen-bond donors (Lipinski definition) is 1. The fraction of sp³-hybridized carbons (Fsp3) is 0.375. The third-order valence-electron chi connectivity index (χ3n) is 5.82. The van der Waals surface area contributed by atoms with Gasteiger partial charge in [-0.05, 0) is 49.2 Å². The van der Waals surface area contributed by atoms with Gasteiger partial charge in [0.2, 0.25) is 11.8 Å².